The van der Waals surface area contributed by atoms with Crippen LogP contribution in [0.2, 0.25) is 10.0 Å². The molecule has 0 saturated heterocycles. The van der Waals surface area contributed by atoms with Gasteiger partial charge in [-0.1, -0.05) is 46.4 Å². The highest BCUT2D eigenvalue weighted by Crippen LogP contribution is 2.36. The summed E-state index contributed by atoms with van der Waals surface area (Å²) in [6, 6.07) is 3.82. The highest BCUT2D eigenvalue weighted by atomic mass is 79.9. The second-order valence-corrected chi connectivity index (χ2v) is 8.91. The van der Waals surface area contributed by atoms with Crippen molar-refractivity contribution in [3.05, 3.63) is 28.2 Å². The highest BCUT2D eigenvalue weighted by Gasteiger charge is 2.40. The third-order valence-electron chi connectivity index (χ3n) is 2.42. The van der Waals surface area contributed by atoms with E-state index < -0.39 is 27.4 Å². The van der Waals surface area contributed by atoms with Crippen LogP contribution in [0.15, 0.2) is 18.2 Å². The molecule has 1 N–H and O–H groups in total. The molecule has 11 heteroatoms. The van der Waals surface area contributed by atoms with E-state index in [9.17, 15) is 9.59 Å². The lowest BCUT2D eigenvalue weighted by atomic mass is 10.3. The molecule has 1 aromatic carbocycles. The summed E-state index contributed by atoms with van der Waals surface area (Å²) in [5, 5.41) is 3.20. The van der Waals surface area contributed by atoms with Gasteiger partial charge in [0.15, 0.2) is 0 Å². The van der Waals surface area contributed by atoms with Crippen molar-refractivity contribution in [2.45, 2.75) is 9.47 Å². The van der Waals surface area contributed by atoms with E-state index in [-0.39, 0.29) is 0 Å². The van der Waals surface area contributed by atoms with E-state index in [1.54, 1.807) is 0 Å². The molecule has 1 aromatic rings. The van der Waals surface area contributed by atoms with E-state index in [2.05, 4.69) is 21.2 Å². The highest BCUT2D eigenvalue weighted by molar-refractivity contribution is 9.11. The number of rotatable bonds is 5. The fourth-order valence-corrected chi connectivity index (χ4v) is 2.84. The topological polar surface area (TPSA) is 58.6 Å². The number of carbonyl (C=O) groups excluding carboxylic acids is 2. The molecule has 0 saturated carbocycles. The molecule has 1 unspecified atom stereocenters. The van der Waals surface area contributed by atoms with Crippen molar-refractivity contribution in [2.75, 3.05) is 18.2 Å². The van der Waals surface area contributed by atoms with Gasteiger partial charge < -0.3 is 10.1 Å². The molecule has 2 amide bonds. The van der Waals surface area contributed by atoms with Crippen LogP contribution in [0.25, 0.3) is 0 Å². The van der Waals surface area contributed by atoms with Gasteiger partial charge >= 0.3 is 12.0 Å². The van der Waals surface area contributed by atoms with Gasteiger partial charge in [0.25, 0.3) is 0 Å². The maximum absolute atomic E-state index is 12.3. The number of anilines is 1. The molecular formula is C12H10BrCl5N2O3. The molecule has 23 heavy (non-hydrogen) atoms. The number of carbonyl (C=O) groups is 2. The lowest BCUT2D eigenvalue weighted by molar-refractivity contribution is -0.151. The second-order valence-electron chi connectivity index (χ2n) is 4.22. The van der Waals surface area contributed by atoms with Crippen LogP contribution >= 0.6 is 73.9 Å². The van der Waals surface area contributed by atoms with Crippen molar-refractivity contribution in [1.29, 1.82) is 0 Å². The van der Waals surface area contributed by atoms with Crippen molar-refractivity contribution >= 4 is 91.6 Å². The van der Waals surface area contributed by atoms with Gasteiger partial charge in [-0.15, -0.1) is 11.6 Å². The molecule has 0 fully saturated rings. The first-order chi connectivity index (χ1) is 10.5. The number of benzene rings is 1. The van der Waals surface area contributed by atoms with Crippen LogP contribution in [-0.4, -0.2) is 39.3 Å². The Hall–Kier alpha value is -0.110. The van der Waals surface area contributed by atoms with Crippen molar-refractivity contribution in [3.8, 4) is 0 Å². The lowest BCUT2D eigenvalue weighted by Crippen LogP contribution is -2.49. The maximum Gasteiger partial charge on any atom is 0.324 e. The van der Waals surface area contributed by atoms with Crippen LogP contribution in [0.1, 0.15) is 0 Å². The number of esters is 1. The maximum atomic E-state index is 12.3. The molecule has 0 aromatic heterocycles. The molecular weight excluding hydrogens is 477 g/mol. The molecule has 0 spiro atoms. The Morgan fingerprint density at radius 2 is 1.83 bits per heavy atom. The van der Waals surface area contributed by atoms with Gasteiger partial charge in [0.05, 0.1) is 0 Å². The molecule has 0 aliphatic rings. The van der Waals surface area contributed by atoms with Crippen LogP contribution in [0.3, 0.4) is 0 Å². The minimum absolute atomic E-state index is 0.338. The van der Waals surface area contributed by atoms with Gasteiger partial charge in [-0.25, -0.2) is 4.79 Å². The molecule has 0 bridgehead atoms. The Kier molecular flexibility index (Phi) is 8.04. The van der Waals surface area contributed by atoms with E-state index in [0.717, 1.165) is 4.90 Å². The Labute approximate surface area is 166 Å². The van der Waals surface area contributed by atoms with E-state index in [0.29, 0.717) is 15.7 Å². The molecule has 0 heterocycles. The monoisotopic (exact) mass is 484 g/mol. The largest absolute Gasteiger partial charge is 0.436 e. The third kappa shape index (κ3) is 6.72. The molecule has 0 radical (unpaired) electrons. The Bertz CT molecular complexity index is 576. The second kappa shape index (κ2) is 8.83. The zero-order valence-electron chi connectivity index (χ0n) is 11.5. The van der Waals surface area contributed by atoms with Crippen molar-refractivity contribution in [2.24, 2.45) is 0 Å². The van der Waals surface area contributed by atoms with Gasteiger partial charge in [0.2, 0.25) is 9.47 Å². The number of hydrogen-bond acceptors (Lipinski definition) is 3. The van der Waals surface area contributed by atoms with E-state index in [1.807, 2.05) is 0 Å². The summed E-state index contributed by atoms with van der Waals surface area (Å²) in [6.07, 6.45) is -1.34. The molecule has 0 aliphatic heterocycles. The summed E-state index contributed by atoms with van der Waals surface area (Å²) in [7, 11) is 1.33. The standard InChI is InChI=1S/C12H10BrCl5N2O3/c1-20(10(12(13,17)18)23-9(21)5-14)11(22)19-8-3-6(15)2-7(16)4-8/h2-4,10H,5H2,1H3,(H,19,22). The first-order valence-corrected chi connectivity index (χ1v) is 8.70. The van der Waals surface area contributed by atoms with Gasteiger partial charge in [-0.05, 0) is 34.1 Å². The summed E-state index contributed by atoms with van der Waals surface area (Å²) in [4.78, 5) is 24.6. The summed E-state index contributed by atoms with van der Waals surface area (Å²) in [5.74, 6) is -1.22. The first kappa shape index (κ1) is 20.9. The van der Waals surface area contributed by atoms with Crippen molar-refractivity contribution in [1.82, 2.24) is 4.90 Å². The van der Waals surface area contributed by atoms with Gasteiger partial charge in [0, 0.05) is 22.8 Å². The minimum Gasteiger partial charge on any atom is -0.436 e. The van der Waals surface area contributed by atoms with Crippen LogP contribution in [0, 0.1) is 0 Å². The zero-order valence-corrected chi connectivity index (χ0v) is 16.8. The van der Waals surface area contributed by atoms with Crippen LogP contribution in [0.5, 0.6) is 0 Å². The van der Waals surface area contributed by atoms with Gasteiger partial charge in [-0.3, -0.25) is 9.69 Å². The Morgan fingerprint density at radius 1 is 1.30 bits per heavy atom. The molecule has 128 valence electrons. The van der Waals surface area contributed by atoms with Crippen LogP contribution < -0.4 is 5.32 Å². The van der Waals surface area contributed by atoms with E-state index in [4.69, 9.17) is 62.7 Å². The average Bonchev–Trinajstić information content (AvgIpc) is 2.41. The minimum atomic E-state index is -1.74. The Balaban J connectivity index is 2.92. The molecule has 5 nitrogen and oxygen atoms in total. The summed E-state index contributed by atoms with van der Waals surface area (Å²) in [6.45, 7) is 0. The molecule has 1 atom stereocenters. The van der Waals surface area contributed by atoms with Crippen molar-refractivity contribution < 1.29 is 14.3 Å². The van der Waals surface area contributed by atoms with Crippen LogP contribution in [-0.2, 0) is 9.53 Å². The number of halogens is 6. The lowest BCUT2D eigenvalue weighted by Gasteiger charge is -2.32. The number of alkyl halides is 4. The fourth-order valence-electron chi connectivity index (χ4n) is 1.47. The van der Waals surface area contributed by atoms with Gasteiger partial charge in [0.1, 0.15) is 5.88 Å². The zero-order chi connectivity index (χ0) is 17.8. The van der Waals surface area contributed by atoms with Crippen LogP contribution in [0.4, 0.5) is 10.5 Å². The van der Waals surface area contributed by atoms with Crippen molar-refractivity contribution in [3.63, 3.8) is 0 Å². The normalized spacial score (nSPS) is 12.5. The molecule has 0 aliphatic carbocycles. The number of nitrogens with zero attached hydrogens (tertiary/aromatic N) is 1. The first-order valence-electron chi connectivity index (χ1n) is 5.86. The summed E-state index contributed by atoms with van der Waals surface area (Å²) >= 11 is 31.8. The number of ether oxygens (including phenoxy) is 1. The Morgan fingerprint density at radius 3 is 2.26 bits per heavy atom. The number of nitrogens with one attached hydrogen (secondary N) is 1. The summed E-state index contributed by atoms with van der Waals surface area (Å²) < 4.78 is 3.22. The average molecular weight is 487 g/mol. The third-order valence-corrected chi connectivity index (χ3v) is 3.84. The van der Waals surface area contributed by atoms with E-state index in [1.165, 1.54) is 25.2 Å². The van der Waals surface area contributed by atoms with E-state index >= 15 is 0 Å². The fraction of sp³-hybridized carbons (Fsp3) is 0.333. The number of urea groups is 1. The number of amides is 2. The quantitative estimate of drug-likeness (QED) is 0.358. The number of hydrogen-bond donors (Lipinski definition) is 1. The smallest absolute Gasteiger partial charge is 0.324 e. The SMILES string of the molecule is CN(C(=O)Nc1cc(Cl)cc(Cl)c1)C(OC(=O)CCl)C(Cl)(Cl)Br. The summed E-state index contributed by atoms with van der Waals surface area (Å²) in [5.41, 5.74) is 0.339. The van der Waals surface area contributed by atoms with Gasteiger partial charge in [-0.2, -0.15) is 0 Å². The predicted molar refractivity (Wildman–Crippen MR) is 97.2 cm³/mol. The molecule has 1 rings (SSSR count). The predicted octanol–water partition coefficient (Wildman–Crippen LogP) is 5.09.